The van der Waals surface area contributed by atoms with Crippen LogP contribution in [0.15, 0.2) is 42.5 Å². The van der Waals surface area contributed by atoms with Crippen LogP contribution in [-0.2, 0) is 14.3 Å². The Morgan fingerprint density at radius 3 is 2.79 bits per heavy atom. The maximum atomic E-state index is 13.4. The third kappa shape index (κ3) is 3.58. The number of hydrogen-bond donors (Lipinski definition) is 1. The Kier molecular flexibility index (Phi) is 4.91. The van der Waals surface area contributed by atoms with Crippen molar-refractivity contribution in [3.63, 3.8) is 0 Å². The number of rotatable bonds is 5. The Bertz CT molecular complexity index is 1230. The van der Waals surface area contributed by atoms with E-state index in [2.05, 4.69) is 5.32 Å². The van der Waals surface area contributed by atoms with Crippen molar-refractivity contribution in [2.75, 3.05) is 36.6 Å². The van der Waals surface area contributed by atoms with Crippen LogP contribution in [-0.4, -0.2) is 53.8 Å². The third-order valence-corrected chi connectivity index (χ3v) is 6.30. The molecule has 170 valence electrons. The normalized spacial score (nSPS) is 21.5. The molecule has 9 nitrogen and oxygen atoms in total. The van der Waals surface area contributed by atoms with Gasteiger partial charge in [-0.15, -0.1) is 0 Å². The molecule has 1 aromatic heterocycles. The largest absolute Gasteiger partial charge is 0.486 e. The van der Waals surface area contributed by atoms with E-state index in [1.807, 2.05) is 28.8 Å². The molecule has 3 aromatic rings. The fraction of sp³-hybridized carbons (Fsp3) is 0.375. The summed E-state index contributed by atoms with van der Waals surface area (Å²) in [6.07, 6.45) is 1.90. The minimum Gasteiger partial charge on any atom is -0.486 e. The SMILES string of the molecule is O=C(C[C@H]1C(=O)N(C[C@H]2CCCO2)c2nc3ccccc3n21)Nc1ccc2c(c1)OCCO2. The summed E-state index contributed by atoms with van der Waals surface area (Å²) in [6, 6.07) is 12.3. The first kappa shape index (κ1) is 20.0. The molecule has 0 saturated carbocycles. The van der Waals surface area contributed by atoms with E-state index in [1.54, 1.807) is 23.1 Å². The molecule has 0 spiro atoms. The van der Waals surface area contributed by atoms with Gasteiger partial charge in [-0.3, -0.25) is 19.1 Å². The van der Waals surface area contributed by atoms with Crippen LogP contribution in [0.5, 0.6) is 11.5 Å². The molecule has 2 aromatic carbocycles. The van der Waals surface area contributed by atoms with Crippen molar-refractivity contribution in [2.24, 2.45) is 0 Å². The number of para-hydroxylation sites is 2. The molecular weight excluding hydrogens is 424 g/mol. The van der Waals surface area contributed by atoms with Gasteiger partial charge >= 0.3 is 0 Å². The Hall–Kier alpha value is -3.59. The van der Waals surface area contributed by atoms with Crippen molar-refractivity contribution in [2.45, 2.75) is 31.4 Å². The molecule has 1 saturated heterocycles. The number of fused-ring (bicyclic) bond motifs is 4. The van der Waals surface area contributed by atoms with Gasteiger partial charge in [0.2, 0.25) is 11.9 Å². The number of carbonyl (C=O) groups is 2. The molecule has 1 fully saturated rings. The van der Waals surface area contributed by atoms with Gasteiger partial charge in [-0.1, -0.05) is 12.1 Å². The molecule has 4 heterocycles. The first-order valence-electron chi connectivity index (χ1n) is 11.3. The van der Waals surface area contributed by atoms with E-state index >= 15 is 0 Å². The van der Waals surface area contributed by atoms with E-state index in [-0.39, 0.29) is 24.3 Å². The van der Waals surface area contributed by atoms with Crippen molar-refractivity contribution in [1.29, 1.82) is 0 Å². The van der Waals surface area contributed by atoms with E-state index in [9.17, 15) is 9.59 Å². The standard InChI is InChI=1S/C24H24N4O5/c29-22(25-15-7-8-20-21(12-15)33-11-10-32-20)13-19-23(30)27(14-16-4-3-9-31-16)24-26-17-5-1-2-6-18(17)28(19)24/h1-2,5-8,12,16,19H,3-4,9-11,13-14H2,(H,25,29)/t16-,19+/m1/s1. The van der Waals surface area contributed by atoms with Gasteiger partial charge in [0, 0.05) is 18.4 Å². The average Bonchev–Trinajstić information content (AvgIpc) is 3.53. The highest BCUT2D eigenvalue weighted by Crippen LogP contribution is 2.38. The maximum absolute atomic E-state index is 13.4. The lowest BCUT2D eigenvalue weighted by molar-refractivity contribution is -0.124. The molecule has 3 aliphatic rings. The van der Waals surface area contributed by atoms with Crippen molar-refractivity contribution >= 4 is 34.5 Å². The number of imidazole rings is 1. The summed E-state index contributed by atoms with van der Waals surface area (Å²) in [5.41, 5.74) is 2.24. The molecule has 0 radical (unpaired) electrons. The minimum absolute atomic E-state index is 0.00263. The van der Waals surface area contributed by atoms with Gasteiger partial charge in [0.15, 0.2) is 11.5 Å². The molecule has 0 aliphatic carbocycles. The number of ether oxygens (including phenoxy) is 3. The fourth-order valence-electron chi connectivity index (χ4n) is 4.77. The van der Waals surface area contributed by atoms with E-state index in [0.717, 1.165) is 23.9 Å². The molecule has 0 bridgehead atoms. The highest BCUT2D eigenvalue weighted by molar-refractivity contribution is 6.05. The number of nitrogens with one attached hydrogen (secondary N) is 1. The Labute approximate surface area is 190 Å². The van der Waals surface area contributed by atoms with Crippen molar-refractivity contribution in [1.82, 2.24) is 9.55 Å². The van der Waals surface area contributed by atoms with Crippen molar-refractivity contribution in [3.05, 3.63) is 42.5 Å². The second kappa shape index (κ2) is 8.08. The van der Waals surface area contributed by atoms with Gasteiger partial charge in [-0.05, 0) is 37.1 Å². The molecule has 6 rings (SSSR count). The number of hydrogen-bond acceptors (Lipinski definition) is 6. The third-order valence-electron chi connectivity index (χ3n) is 6.30. The summed E-state index contributed by atoms with van der Waals surface area (Å²) in [6.45, 7) is 2.14. The summed E-state index contributed by atoms with van der Waals surface area (Å²) in [4.78, 5) is 32.8. The quantitative estimate of drug-likeness (QED) is 0.645. The van der Waals surface area contributed by atoms with Crippen LogP contribution in [0.3, 0.4) is 0 Å². The summed E-state index contributed by atoms with van der Waals surface area (Å²) >= 11 is 0. The average molecular weight is 448 g/mol. The van der Waals surface area contributed by atoms with Crippen LogP contribution < -0.4 is 19.7 Å². The lowest BCUT2D eigenvalue weighted by atomic mass is 10.1. The number of anilines is 2. The molecule has 9 heteroatoms. The highest BCUT2D eigenvalue weighted by Gasteiger charge is 2.42. The van der Waals surface area contributed by atoms with E-state index in [4.69, 9.17) is 19.2 Å². The molecule has 0 unspecified atom stereocenters. The number of benzene rings is 2. The Balaban J connectivity index is 1.26. The first-order valence-corrected chi connectivity index (χ1v) is 11.3. The predicted molar refractivity (Wildman–Crippen MR) is 121 cm³/mol. The van der Waals surface area contributed by atoms with E-state index < -0.39 is 6.04 Å². The van der Waals surface area contributed by atoms with Crippen LogP contribution in [0.1, 0.15) is 25.3 Å². The molecule has 1 N–H and O–H groups in total. The van der Waals surface area contributed by atoms with Gasteiger partial charge in [0.1, 0.15) is 19.3 Å². The highest BCUT2D eigenvalue weighted by atomic mass is 16.6. The second-order valence-corrected chi connectivity index (χ2v) is 8.48. The number of nitrogens with zero attached hydrogens (tertiary/aromatic N) is 3. The monoisotopic (exact) mass is 448 g/mol. The van der Waals surface area contributed by atoms with Crippen LogP contribution in [0.2, 0.25) is 0 Å². The van der Waals surface area contributed by atoms with Crippen LogP contribution >= 0.6 is 0 Å². The summed E-state index contributed by atoms with van der Waals surface area (Å²) < 4.78 is 18.8. The lowest BCUT2D eigenvalue weighted by Crippen LogP contribution is -2.37. The number of amides is 2. The zero-order valence-corrected chi connectivity index (χ0v) is 18.0. The predicted octanol–water partition coefficient (Wildman–Crippen LogP) is 2.90. The van der Waals surface area contributed by atoms with Crippen LogP contribution in [0.25, 0.3) is 11.0 Å². The Morgan fingerprint density at radius 1 is 1.09 bits per heavy atom. The van der Waals surface area contributed by atoms with Gasteiger partial charge in [-0.25, -0.2) is 4.98 Å². The lowest BCUT2D eigenvalue weighted by Gasteiger charge is -2.20. The van der Waals surface area contributed by atoms with Gasteiger partial charge in [0.25, 0.3) is 5.91 Å². The number of aromatic nitrogens is 2. The van der Waals surface area contributed by atoms with Gasteiger partial charge in [-0.2, -0.15) is 0 Å². The van der Waals surface area contributed by atoms with E-state index in [1.165, 1.54) is 0 Å². The summed E-state index contributed by atoms with van der Waals surface area (Å²) in [7, 11) is 0. The molecule has 3 aliphatic heterocycles. The zero-order valence-electron chi connectivity index (χ0n) is 18.0. The zero-order chi connectivity index (χ0) is 22.4. The van der Waals surface area contributed by atoms with Gasteiger partial charge < -0.3 is 19.5 Å². The molecule has 2 amide bonds. The van der Waals surface area contributed by atoms with Gasteiger partial charge in [0.05, 0.1) is 30.1 Å². The fourth-order valence-corrected chi connectivity index (χ4v) is 4.77. The maximum Gasteiger partial charge on any atom is 0.253 e. The smallest absolute Gasteiger partial charge is 0.253 e. The minimum atomic E-state index is -0.661. The number of carbonyl (C=O) groups excluding carboxylic acids is 2. The van der Waals surface area contributed by atoms with Crippen molar-refractivity contribution < 1.29 is 23.8 Å². The van der Waals surface area contributed by atoms with Crippen LogP contribution in [0.4, 0.5) is 11.6 Å². The first-order chi connectivity index (χ1) is 16.2. The summed E-state index contributed by atoms with van der Waals surface area (Å²) in [5.74, 6) is 1.45. The second-order valence-electron chi connectivity index (χ2n) is 8.48. The molecular formula is C24H24N4O5. The topological polar surface area (TPSA) is 94.9 Å². The summed E-state index contributed by atoms with van der Waals surface area (Å²) in [5, 5.41) is 2.89. The van der Waals surface area contributed by atoms with E-state index in [0.29, 0.717) is 49.5 Å². The van der Waals surface area contributed by atoms with Crippen LogP contribution in [0, 0.1) is 0 Å². The molecule has 2 atom stereocenters. The van der Waals surface area contributed by atoms with Crippen molar-refractivity contribution in [3.8, 4) is 11.5 Å². The molecule has 33 heavy (non-hydrogen) atoms. The Morgan fingerprint density at radius 2 is 1.94 bits per heavy atom.